The van der Waals surface area contributed by atoms with Crippen molar-refractivity contribution in [2.45, 2.75) is 19.5 Å². The average Bonchev–Trinajstić information content (AvgIpc) is 3.45. The van der Waals surface area contributed by atoms with Gasteiger partial charge in [-0.15, -0.1) is 0 Å². The van der Waals surface area contributed by atoms with Gasteiger partial charge in [-0.1, -0.05) is 0 Å². The van der Waals surface area contributed by atoms with Crippen molar-refractivity contribution in [1.29, 1.82) is 0 Å². The second-order valence-electron chi connectivity index (χ2n) is 8.23. The van der Waals surface area contributed by atoms with E-state index in [1.54, 1.807) is 41.9 Å². The molecule has 0 fully saturated rings. The number of ether oxygens (including phenoxy) is 1. The molecule has 4 aromatic rings. The standard InChI is InChI=1S/C24H22F3N5O/c1-31(2)13-14-9-21(27)16(10-20(14)26)18-12-30-24(32-7-6-28-23(18)32)29-11-17-15-5-8-33-22(15)4-3-19(17)25/h3-4,6-7,9-10,12H,5,8,11,13H2,1-2H3,(H,29,30). The average molecular weight is 453 g/mol. The number of aromatic nitrogens is 3. The van der Waals surface area contributed by atoms with Gasteiger partial charge in [-0.25, -0.2) is 23.1 Å². The summed E-state index contributed by atoms with van der Waals surface area (Å²) >= 11 is 0. The molecule has 0 spiro atoms. The molecule has 170 valence electrons. The maximum absolute atomic E-state index is 14.9. The highest BCUT2D eigenvalue weighted by Crippen LogP contribution is 2.32. The van der Waals surface area contributed by atoms with Crippen LogP contribution in [-0.2, 0) is 19.5 Å². The second-order valence-corrected chi connectivity index (χ2v) is 8.23. The SMILES string of the molecule is CN(C)Cc1cc(F)c(-c2cnc(NCc3c(F)ccc4c3CCO4)n3ccnc23)cc1F. The molecule has 0 atom stereocenters. The molecule has 3 heterocycles. The fourth-order valence-electron chi connectivity index (χ4n) is 4.17. The predicted molar refractivity (Wildman–Crippen MR) is 119 cm³/mol. The summed E-state index contributed by atoms with van der Waals surface area (Å²) in [7, 11) is 3.58. The van der Waals surface area contributed by atoms with Crippen LogP contribution in [0.2, 0.25) is 0 Å². The molecule has 0 radical (unpaired) electrons. The Hall–Kier alpha value is -3.59. The van der Waals surface area contributed by atoms with E-state index in [2.05, 4.69) is 15.3 Å². The van der Waals surface area contributed by atoms with Gasteiger partial charge in [0.2, 0.25) is 5.95 Å². The van der Waals surface area contributed by atoms with Gasteiger partial charge in [0.1, 0.15) is 28.8 Å². The van der Waals surface area contributed by atoms with Crippen LogP contribution in [0, 0.1) is 17.5 Å². The van der Waals surface area contributed by atoms with E-state index in [1.807, 2.05) is 0 Å². The molecule has 1 aliphatic rings. The molecule has 0 aliphatic carbocycles. The lowest BCUT2D eigenvalue weighted by atomic mass is 10.0. The molecule has 0 saturated heterocycles. The van der Waals surface area contributed by atoms with E-state index in [0.29, 0.717) is 41.5 Å². The Labute approximate surface area is 188 Å². The van der Waals surface area contributed by atoms with Crippen molar-refractivity contribution < 1.29 is 17.9 Å². The van der Waals surface area contributed by atoms with Gasteiger partial charge in [0.25, 0.3) is 0 Å². The van der Waals surface area contributed by atoms with E-state index in [-0.39, 0.29) is 30.0 Å². The Bertz CT molecular complexity index is 1350. The molecular formula is C24H22F3N5O. The van der Waals surface area contributed by atoms with Crippen molar-refractivity contribution in [3.8, 4) is 16.9 Å². The van der Waals surface area contributed by atoms with Crippen molar-refractivity contribution in [3.05, 3.63) is 77.0 Å². The molecule has 2 aromatic heterocycles. The van der Waals surface area contributed by atoms with E-state index in [9.17, 15) is 13.2 Å². The Morgan fingerprint density at radius 2 is 1.91 bits per heavy atom. The number of imidazole rings is 1. The predicted octanol–water partition coefficient (Wildman–Crippen LogP) is 4.42. The maximum Gasteiger partial charge on any atom is 0.208 e. The Balaban J connectivity index is 1.48. The van der Waals surface area contributed by atoms with Gasteiger partial charge in [-0.2, -0.15) is 0 Å². The summed E-state index contributed by atoms with van der Waals surface area (Å²) in [6.45, 7) is 1.01. The normalized spacial score (nSPS) is 12.9. The third-order valence-corrected chi connectivity index (χ3v) is 5.70. The summed E-state index contributed by atoms with van der Waals surface area (Å²) in [5.41, 5.74) is 2.49. The lowest BCUT2D eigenvalue weighted by Crippen LogP contribution is -2.12. The summed E-state index contributed by atoms with van der Waals surface area (Å²) < 4.78 is 51.2. The number of anilines is 1. The summed E-state index contributed by atoms with van der Waals surface area (Å²) in [4.78, 5) is 10.5. The number of rotatable bonds is 6. The van der Waals surface area contributed by atoms with Crippen LogP contribution in [-0.4, -0.2) is 40.0 Å². The van der Waals surface area contributed by atoms with Gasteiger partial charge >= 0.3 is 0 Å². The van der Waals surface area contributed by atoms with Crippen LogP contribution in [0.3, 0.4) is 0 Å². The molecule has 0 saturated carbocycles. The highest BCUT2D eigenvalue weighted by molar-refractivity contribution is 5.78. The van der Waals surface area contributed by atoms with Crippen LogP contribution in [0.5, 0.6) is 5.75 Å². The van der Waals surface area contributed by atoms with Crippen LogP contribution < -0.4 is 10.1 Å². The fraction of sp³-hybridized carbons (Fsp3) is 0.250. The first-order chi connectivity index (χ1) is 15.9. The van der Waals surface area contributed by atoms with Gasteiger partial charge in [0, 0.05) is 65.9 Å². The van der Waals surface area contributed by atoms with Crippen molar-refractivity contribution in [2.24, 2.45) is 0 Å². The van der Waals surface area contributed by atoms with Crippen LogP contribution in [0.4, 0.5) is 19.1 Å². The van der Waals surface area contributed by atoms with E-state index in [4.69, 9.17) is 4.74 Å². The van der Waals surface area contributed by atoms with E-state index >= 15 is 0 Å². The lowest BCUT2D eigenvalue weighted by molar-refractivity contribution is 0.356. The first kappa shape index (κ1) is 21.3. The summed E-state index contributed by atoms with van der Waals surface area (Å²) in [6, 6.07) is 5.41. The summed E-state index contributed by atoms with van der Waals surface area (Å²) in [5, 5.41) is 3.14. The zero-order chi connectivity index (χ0) is 23.1. The molecule has 2 aromatic carbocycles. The minimum absolute atomic E-state index is 0.0781. The molecule has 0 bridgehead atoms. The van der Waals surface area contributed by atoms with Gasteiger partial charge in [0.05, 0.1) is 6.61 Å². The molecule has 33 heavy (non-hydrogen) atoms. The monoisotopic (exact) mass is 453 g/mol. The Morgan fingerprint density at radius 3 is 2.73 bits per heavy atom. The zero-order valence-electron chi connectivity index (χ0n) is 18.2. The van der Waals surface area contributed by atoms with Crippen LogP contribution in [0.15, 0.2) is 42.9 Å². The van der Waals surface area contributed by atoms with Crippen LogP contribution in [0.1, 0.15) is 16.7 Å². The third-order valence-electron chi connectivity index (χ3n) is 5.70. The van der Waals surface area contributed by atoms with E-state index < -0.39 is 11.6 Å². The van der Waals surface area contributed by atoms with Crippen molar-refractivity contribution in [2.75, 3.05) is 26.0 Å². The fourth-order valence-corrected chi connectivity index (χ4v) is 4.17. The first-order valence-electron chi connectivity index (χ1n) is 10.5. The van der Waals surface area contributed by atoms with Gasteiger partial charge < -0.3 is 15.0 Å². The highest BCUT2D eigenvalue weighted by atomic mass is 19.1. The maximum atomic E-state index is 14.9. The number of hydrogen-bond acceptors (Lipinski definition) is 5. The van der Waals surface area contributed by atoms with Gasteiger partial charge in [-0.05, 0) is 38.4 Å². The minimum Gasteiger partial charge on any atom is -0.493 e. The van der Waals surface area contributed by atoms with Gasteiger partial charge in [-0.3, -0.25) is 4.40 Å². The van der Waals surface area contributed by atoms with Crippen LogP contribution >= 0.6 is 0 Å². The van der Waals surface area contributed by atoms with Crippen molar-refractivity contribution in [3.63, 3.8) is 0 Å². The van der Waals surface area contributed by atoms with E-state index in [1.165, 1.54) is 24.4 Å². The number of benzene rings is 2. The van der Waals surface area contributed by atoms with Crippen LogP contribution in [0.25, 0.3) is 16.8 Å². The highest BCUT2D eigenvalue weighted by Gasteiger charge is 2.21. The number of nitrogens with one attached hydrogen (secondary N) is 1. The third kappa shape index (κ3) is 3.89. The Kier molecular flexibility index (Phi) is 5.41. The molecule has 6 nitrogen and oxygen atoms in total. The largest absolute Gasteiger partial charge is 0.493 e. The number of hydrogen-bond donors (Lipinski definition) is 1. The number of nitrogens with zero attached hydrogens (tertiary/aromatic N) is 4. The molecular weight excluding hydrogens is 431 g/mol. The van der Waals surface area contributed by atoms with E-state index in [0.717, 1.165) is 5.56 Å². The summed E-state index contributed by atoms with van der Waals surface area (Å²) in [5.74, 6) is -0.266. The van der Waals surface area contributed by atoms with Crippen molar-refractivity contribution in [1.82, 2.24) is 19.3 Å². The summed E-state index contributed by atoms with van der Waals surface area (Å²) in [6.07, 6.45) is 5.31. The van der Waals surface area contributed by atoms with Gasteiger partial charge in [0.15, 0.2) is 0 Å². The minimum atomic E-state index is -0.553. The quantitative estimate of drug-likeness (QED) is 0.468. The molecule has 5 rings (SSSR count). The number of fused-ring (bicyclic) bond motifs is 2. The number of halogens is 3. The first-order valence-corrected chi connectivity index (χ1v) is 10.5. The second kappa shape index (κ2) is 8.40. The topological polar surface area (TPSA) is 54.7 Å². The lowest BCUT2D eigenvalue weighted by Gasteiger charge is -2.14. The molecule has 1 aliphatic heterocycles. The Morgan fingerprint density at radius 1 is 1.06 bits per heavy atom. The molecule has 0 unspecified atom stereocenters. The molecule has 1 N–H and O–H groups in total. The van der Waals surface area contributed by atoms with Crippen molar-refractivity contribution >= 4 is 11.6 Å². The molecule has 9 heteroatoms. The molecule has 0 amide bonds. The smallest absolute Gasteiger partial charge is 0.208 e. The zero-order valence-corrected chi connectivity index (χ0v) is 18.2.